The molecule has 4 rings (SSSR count). The van der Waals surface area contributed by atoms with E-state index in [1.165, 1.54) is 10.4 Å². The maximum atomic E-state index is 13.0. The third kappa shape index (κ3) is 4.84. The highest BCUT2D eigenvalue weighted by molar-refractivity contribution is 7.89. The van der Waals surface area contributed by atoms with Crippen molar-refractivity contribution >= 4 is 38.5 Å². The van der Waals surface area contributed by atoms with Crippen LogP contribution in [0.5, 0.6) is 0 Å². The van der Waals surface area contributed by atoms with E-state index in [0.717, 1.165) is 22.2 Å². The van der Waals surface area contributed by atoms with Gasteiger partial charge in [0.1, 0.15) is 0 Å². The van der Waals surface area contributed by atoms with Crippen LogP contribution in [0, 0.1) is 20.8 Å². The SMILES string of the molecule is Cc1ccc(NC(=O)COC(=O)c2ccc3[nH]c(C)c(C)c3c2)cc1S(=O)(=O)N1CCOCC1. The highest BCUT2D eigenvalue weighted by atomic mass is 32.2. The van der Waals surface area contributed by atoms with Gasteiger partial charge in [-0.25, -0.2) is 13.2 Å². The Bertz CT molecular complexity index is 1360. The fourth-order valence-electron chi connectivity index (χ4n) is 3.88. The van der Waals surface area contributed by atoms with Crippen molar-refractivity contribution in [2.24, 2.45) is 0 Å². The van der Waals surface area contributed by atoms with Crippen molar-refractivity contribution in [2.45, 2.75) is 25.7 Å². The average Bonchev–Trinajstić information content (AvgIpc) is 3.12. The highest BCUT2D eigenvalue weighted by Crippen LogP contribution is 2.25. The Morgan fingerprint density at radius 2 is 1.82 bits per heavy atom. The summed E-state index contributed by atoms with van der Waals surface area (Å²) in [5.74, 6) is -1.18. The summed E-state index contributed by atoms with van der Waals surface area (Å²) in [4.78, 5) is 28.2. The normalized spacial score (nSPS) is 14.8. The molecular weight excluding hydrogens is 458 g/mol. The molecule has 1 aromatic heterocycles. The molecule has 2 aromatic carbocycles. The van der Waals surface area contributed by atoms with E-state index in [9.17, 15) is 18.0 Å². The Hall–Kier alpha value is -3.21. The second-order valence-corrected chi connectivity index (χ2v) is 10.2. The molecule has 0 aliphatic carbocycles. The minimum Gasteiger partial charge on any atom is -0.452 e. The predicted molar refractivity (Wildman–Crippen MR) is 127 cm³/mol. The monoisotopic (exact) mass is 485 g/mol. The van der Waals surface area contributed by atoms with E-state index in [-0.39, 0.29) is 18.0 Å². The molecule has 1 fully saturated rings. The van der Waals surface area contributed by atoms with Gasteiger partial charge < -0.3 is 19.8 Å². The van der Waals surface area contributed by atoms with Crippen LogP contribution in [0.2, 0.25) is 0 Å². The lowest BCUT2D eigenvalue weighted by atomic mass is 10.1. The van der Waals surface area contributed by atoms with Gasteiger partial charge in [-0.1, -0.05) is 6.07 Å². The number of carbonyl (C=O) groups is 2. The second-order valence-electron chi connectivity index (χ2n) is 8.26. The number of sulfonamides is 1. The number of ether oxygens (including phenoxy) is 2. The minimum atomic E-state index is -3.72. The number of morpholine rings is 1. The molecule has 0 radical (unpaired) electrons. The molecule has 10 heteroatoms. The Morgan fingerprint density at radius 3 is 2.56 bits per heavy atom. The number of aromatic nitrogens is 1. The number of amides is 1. The zero-order valence-electron chi connectivity index (χ0n) is 19.3. The molecule has 0 unspecified atom stereocenters. The van der Waals surface area contributed by atoms with Crippen molar-refractivity contribution in [2.75, 3.05) is 38.2 Å². The lowest BCUT2D eigenvalue weighted by molar-refractivity contribution is -0.119. The number of hydrogen-bond acceptors (Lipinski definition) is 6. The number of nitrogens with one attached hydrogen (secondary N) is 2. The molecule has 1 aliphatic rings. The van der Waals surface area contributed by atoms with E-state index in [2.05, 4.69) is 10.3 Å². The summed E-state index contributed by atoms with van der Waals surface area (Å²) >= 11 is 0. The van der Waals surface area contributed by atoms with Gasteiger partial charge in [-0.05, 0) is 62.2 Å². The molecule has 2 heterocycles. The number of esters is 1. The van der Waals surface area contributed by atoms with Crippen LogP contribution in [-0.2, 0) is 24.3 Å². The van der Waals surface area contributed by atoms with Crippen molar-refractivity contribution in [3.8, 4) is 0 Å². The van der Waals surface area contributed by atoms with E-state index in [1.54, 1.807) is 37.3 Å². The van der Waals surface area contributed by atoms with Crippen LogP contribution >= 0.6 is 0 Å². The van der Waals surface area contributed by atoms with E-state index >= 15 is 0 Å². The molecule has 1 aliphatic heterocycles. The minimum absolute atomic E-state index is 0.120. The number of anilines is 1. The number of fused-ring (bicyclic) bond motifs is 1. The number of hydrogen-bond donors (Lipinski definition) is 2. The topological polar surface area (TPSA) is 118 Å². The number of aryl methyl sites for hydroxylation is 3. The van der Waals surface area contributed by atoms with Gasteiger partial charge in [-0.3, -0.25) is 4.79 Å². The molecule has 0 spiro atoms. The highest BCUT2D eigenvalue weighted by Gasteiger charge is 2.28. The van der Waals surface area contributed by atoms with Crippen LogP contribution in [0.1, 0.15) is 27.2 Å². The first-order valence-electron chi connectivity index (χ1n) is 10.9. The van der Waals surface area contributed by atoms with Crippen LogP contribution in [0.4, 0.5) is 5.69 Å². The van der Waals surface area contributed by atoms with Gasteiger partial charge in [0.25, 0.3) is 5.91 Å². The van der Waals surface area contributed by atoms with Crippen molar-refractivity contribution < 1.29 is 27.5 Å². The van der Waals surface area contributed by atoms with E-state index in [4.69, 9.17) is 9.47 Å². The number of nitrogens with zero attached hydrogens (tertiary/aromatic N) is 1. The van der Waals surface area contributed by atoms with Crippen LogP contribution in [0.3, 0.4) is 0 Å². The van der Waals surface area contributed by atoms with E-state index in [1.807, 2.05) is 13.8 Å². The lowest BCUT2D eigenvalue weighted by Gasteiger charge is -2.26. The molecule has 2 N–H and O–H groups in total. The third-order valence-electron chi connectivity index (χ3n) is 5.94. The zero-order chi connectivity index (χ0) is 24.5. The molecule has 34 heavy (non-hydrogen) atoms. The maximum absolute atomic E-state index is 13.0. The summed E-state index contributed by atoms with van der Waals surface area (Å²) in [5.41, 5.74) is 4.21. The number of H-pyrrole nitrogens is 1. The zero-order valence-corrected chi connectivity index (χ0v) is 20.1. The fourth-order valence-corrected chi connectivity index (χ4v) is 5.54. The third-order valence-corrected chi connectivity index (χ3v) is 7.98. The summed E-state index contributed by atoms with van der Waals surface area (Å²) < 4.78 is 37.8. The first-order chi connectivity index (χ1) is 16.2. The van der Waals surface area contributed by atoms with Gasteiger partial charge in [0.2, 0.25) is 10.0 Å². The summed E-state index contributed by atoms with van der Waals surface area (Å²) in [6.45, 7) is 6.37. The molecule has 9 nitrogen and oxygen atoms in total. The molecular formula is C24H27N3O6S. The van der Waals surface area contributed by atoms with Crippen LogP contribution in [0.25, 0.3) is 10.9 Å². The molecule has 0 bridgehead atoms. The largest absolute Gasteiger partial charge is 0.452 e. The predicted octanol–water partition coefficient (Wildman–Crippen LogP) is 2.91. The molecule has 0 saturated carbocycles. The van der Waals surface area contributed by atoms with Crippen LogP contribution in [0.15, 0.2) is 41.3 Å². The van der Waals surface area contributed by atoms with Crippen LogP contribution in [-0.4, -0.2) is 62.5 Å². The lowest BCUT2D eigenvalue weighted by Crippen LogP contribution is -2.40. The van der Waals surface area contributed by atoms with Crippen molar-refractivity contribution in [3.63, 3.8) is 0 Å². The van der Waals surface area contributed by atoms with Gasteiger partial charge in [0.15, 0.2) is 6.61 Å². The molecule has 3 aromatic rings. The molecule has 180 valence electrons. The summed E-state index contributed by atoms with van der Waals surface area (Å²) in [5, 5.41) is 3.53. The van der Waals surface area contributed by atoms with Crippen LogP contribution < -0.4 is 5.32 Å². The van der Waals surface area contributed by atoms with Crippen molar-refractivity contribution in [3.05, 3.63) is 58.8 Å². The number of aromatic amines is 1. The fraction of sp³-hybridized carbons (Fsp3) is 0.333. The first kappa shape index (κ1) is 23.9. The Balaban J connectivity index is 1.41. The number of rotatable bonds is 6. The number of benzene rings is 2. The average molecular weight is 486 g/mol. The molecule has 0 atom stereocenters. The van der Waals surface area contributed by atoms with Gasteiger partial charge >= 0.3 is 5.97 Å². The summed E-state index contributed by atoms with van der Waals surface area (Å²) in [6.07, 6.45) is 0. The van der Waals surface area contributed by atoms with Gasteiger partial charge in [-0.2, -0.15) is 4.31 Å². The summed E-state index contributed by atoms with van der Waals surface area (Å²) in [6, 6.07) is 9.83. The van der Waals surface area contributed by atoms with Gasteiger partial charge in [0.05, 0.1) is 23.7 Å². The smallest absolute Gasteiger partial charge is 0.338 e. The van der Waals surface area contributed by atoms with Crippen molar-refractivity contribution in [1.82, 2.24) is 9.29 Å². The first-order valence-corrected chi connectivity index (χ1v) is 12.4. The standard InChI is InChI=1S/C24H27N3O6S/c1-15-4-6-19(13-22(15)34(30,31)27-8-10-32-11-9-27)26-23(28)14-33-24(29)18-5-7-21-20(12-18)16(2)17(3)25-21/h4-7,12-13,25H,8-11,14H2,1-3H3,(H,26,28). The second kappa shape index (κ2) is 9.57. The summed E-state index contributed by atoms with van der Waals surface area (Å²) in [7, 11) is -3.72. The maximum Gasteiger partial charge on any atom is 0.338 e. The Morgan fingerprint density at radius 1 is 1.09 bits per heavy atom. The van der Waals surface area contributed by atoms with E-state index < -0.39 is 28.5 Å². The van der Waals surface area contributed by atoms with Gasteiger partial charge in [0, 0.05) is 35.4 Å². The van der Waals surface area contributed by atoms with Gasteiger partial charge in [-0.15, -0.1) is 0 Å². The molecule has 1 amide bonds. The van der Waals surface area contributed by atoms with E-state index in [0.29, 0.717) is 30.0 Å². The number of carbonyl (C=O) groups excluding carboxylic acids is 2. The van der Waals surface area contributed by atoms with Crippen molar-refractivity contribution in [1.29, 1.82) is 0 Å². The molecule has 1 saturated heterocycles. The Kier molecular flexibility index (Phi) is 6.74. The Labute approximate surface area is 198 Å². The quantitative estimate of drug-likeness (QED) is 0.519.